The van der Waals surface area contributed by atoms with Gasteiger partial charge in [-0.3, -0.25) is 4.79 Å². The third kappa shape index (κ3) is 4.63. The van der Waals surface area contributed by atoms with Gasteiger partial charge in [0, 0.05) is 5.56 Å². The van der Waals surface area contributed by atoms with Gasteiger partial charge in [0.05, 0.1) is 0 Å². The fraction of sp³-hybridized carbons (Fsp3) is 0.292. The van der Waals surface area contributed by atoms with Crippen molar-refractivity contribution in [3.8, 4) is 11.5 Å². The summed E-state index contributed by atoms with van der Waals surface area (Å²) in [5.41, 5.74) is 3.69. The second-order valence-corrected chi connectivity index (χ2v) is 7.70. The van der Waals surface area contributed by atoms with Gasteiger partial charge < -0.3 is 14.9 Å². The van der Waals surface area contributed by atoms with Crippen LogP contribution < -0.4 is 4.74 Å². The molecule has 0 saturated heterocycles. The Hall–Kier alpha value is -3.01. The number of carbonyl (C=O) groups is 1. The standard InChI is InChI=1S/C24H28O4/c1-14-12-20(13-15(2)22(14)27)21(26)9-8-19-10-16(3)23(17(4)11-19)28-24(6,7)18(5)25/h8-13,25,27H,5H2,1-4,6-7H3/b9-8+. The lowest BCUT2D eigenvalue weighted by atomic mass is 10.0. The molecule has 0 fully saturated rings. The number of aromatic hydroxyl groups is 1. The molecule has 2 aromatic rings. The largest absolute Gasteiger partial charge is 0.509 e. The van der Waals surface area contributed by atoms with Gasteiger partial charge in [-0.15, -0.1) is 0 Å². The fourth-order valence-electron chi connectivity index (χ4n) is 2.92. The molecule has 0 radical (unpaired) electrons. The molecule has 28 heavy (non-hydrogen) atoms. The highest BCUT2D eigenvalue weighted by molar-refractivity contribution is 6.07. The van der Waals surface area contributed by atoms with Crippen molar-refractivity contribution in [2.24, 2.45) is 0 Å². The zero-order valence-corrected chi connectivity index (χ0v) is 17.4. The van der Waals surface area contributed by atoms with Crippen LogP contribution in [0.4, 0.5) is 0 Å². The molecule has 0 amide bonds. The summed E-state index contributed by atoms with van der Waals surface area (Å²) in [4.78, 5) is 12.5. The van der Waals surface area contributed by atoms with Crippen LogP contribution in [0.3, 0.4) is 0 Å². The number of hydrogen-bond donors (Lipinski definition) is 2. The molecule has 148 valence electrons. The summed E-state index contributed by atoms with van der Waals surface area (Å²) in [5.74, 6) is 0.740. The Labute approximate surface area is 166 Å². The van der Waals surface area contributed by atoms with Gasteiger partial charge in [-0.05, 0) is 99.7 Å². The predicted octanol–water partition coefficient (Wildman–Crippen LogP) is 5.75. The average molecular weight is 380 g/mol. The van der Waals surface area contributed by atoms with Crippen molar-refractivity contribution < 1.29 is 19.7 Å². The number of rotatable bonds is 6. The van der Waals surface area contributed by atoms with Crippen molar-refractivity contribution in [3.63, 3.8) is 0 Å². The number of phenols is 1. The van der Waals surface area contributed by atoms with E-state index in [0.717, 1.165) is 16.7 Å². The number of aliphatic hydroxyl groups is 1. The van der Waals surface area contributed by atoms with E-state index in [1.54, 1.807) is 45.9 Å². The number of hydrogen-bond acceptors (Lipinski definition) is 4. The SMILES string of the molecule is C=C(O)C(C)(C)Oc1c(C)cc(/C=C/C(=O)c2cc(C)c(O)c(C)c2)cc1C. The van der Waals surface area contributed by atoms with Crippen LogP contribution in [0.5, 0.6) is 11.5 Å². The maximum Gasteiger partial charge on any atom is 0.185 e. The van der Waals surface area contributed by atoms with Gasteiger partial charge in [0.25, 0.3) is 0 Å². The summed E-state index contributed by atoms with van der Waals surface area (Å²) in [6, 6.07) is 7.23. The van der Waals surface area contributed by atoms with Crippen molar-refractivity contribution in [1.29, 1.82) is 0 Å². The minimum Gasteiger partial charge on any atom is -0.509 e. The molecule has 2 N–H and O–H groups in total. The maximum absolute atomic E-state index is 12.5. The zero-order valence-electron chi connectivity index (χ0n) is 17.4. The number of aliphatic hydroxyl groups excluding tert-OH is 1. The number of allylic oxidation sites excluding steroid dienone is 1. The van der Waals surface area contributed by atoms with E-state index >= 15 is 0 Å². The Morgan fingerprint density at radius 1 is 1.00 bits per heavy atom. The molecule has 0 aliphatic heterocycles. The molecule has 0 saturated carbocycles. The number of aryl methyl sites for hydroxylation is 4. The van der Waals surface area contributed by atoms with Crippen LogP contribution in [0.15, 0.2) is 42.7 Å². The average Bonchev–Trinajstić information content (AvgIpc) is 2.60. The van der Waals surface area contributed by atoms with E-state index in [2.05, 4.69) is 6.58 Å². The van der Waals surface area contributed by atoms with E-state index in [9.17, 15) is 15.0 Å². The van der Waals surface area contributed by atoms with Crippen molar-refractivity contribution in [2.75, 3.05) is 0 Å². The molecule has 0 aliphatic rings. The Morgan fingerprint density at radius 2 is 1.50 bits per heavy atom. The fourth-order valence-corrected chi connectivity index (χ4v) is 2.92. The minimum absolute atomic E-state index is 0.0413. The van der Waals surface area contributed by atoms with Gasteiger partial charge in [-0.25, -0.2) is 0 Å². The molecular weight excluding hydrogens is 352 g/mol. The van der Waals surface area contributed by atoms with Crippen LogP contribution in [0.1, 0.15) is 52.0 Å². The van der Waals surface area contributed by atoms with E-state index in [1.165, 1.54) is 6.08 Å². The number of phenolic OH excluding ortho intramolecular Hbond substituents is 1. The summed E-state index contributed by atoms with van der Waals surface area (Å²) in [6.07, 6.45) is 3.29. The van der Waals surface area contributed by atoms with E-state index in [-0.39, 0.29) is 17.3 Å². The lowest BCUT2D eigenvalue weighted by Gasteiger charge is -2.27. The summed E-state index contributed by atoms with van der Waals surface area (Å²) in [6.45, 7) is 14.5. The maximum atomic E-state index is 12.5. The van der Waals surface area contributed by atoms with E-state index < -0.39 is 5.60 Å². The molecule has 0 aliphatic carbocycles. The smallest absolute Gasteiger partial charge is 0.185 e. The molecule has 2 rings (SSSR count). The minimum atomic E-state index is -0.891. The first-order chi connectivity index (χ1) is 12.9. The lowest BCUT2D eigenvalue weighted by molar-refractivity contribution is 0.0958. The lowest BCUT2D eigenvalue weighted by Crippen LogP contribution is -2.30. The second kappa shape index (κ2) is 7.93. The molecule has 0 unspecified atom stereocenters. The van der Waals surface area contributed by atoms with Crippen LogP contribution in [0.2, 0.25) is 0 Å². The van der Waals surface area contributed by atoms with Crippen LogP contribution in [-0.4, -0.2) is 21.6 Å². The normalized spacial score (nSPS) is 11.6. The van der Waals surface area contributed by atoms with Crippen molar-refractivity contribution in [3.05, 3.63) is 76.1 Å². The Balaban J connectivity index is 2.28. The molecule has 0 spiro atoms. The quantitative estimate of drug-likeness (QED) is 0.380. The van der Waals surface area contributed by atoms with Crippen LogP contribution in [0.25, 0.3) is 6.08 Å². The van der Waals surface area contributed by atoms with E-state index in [0.29, 0.717) is 22.4 Å². The monoisotopic (exact) mass is 380 g/mol. The highest BCUT2D eigenvalue weighted by Crippen LogP contribution is 2.31. The molecule has 0 atom stereocenters. The predicted molar refractivity (Wildman–Crippen MR) is 113 cm³/mol. The second-order valence-electron chi connectivity index (χ2n) is 7.70. The Morgan fingerprint density at radius 3 is 1.96 bits per heavy atom. The third-order valence-corrected chi connectivity index (χ3v) is 4.74. The third-order valence-electron chi connectivity index (χ3n) is 4.74. The van der Waals surface area contributed by atoms with Gasteiger partial charge in [-0.2, -0.15) is 0 Å². The highest BCUT2D eigenvalue weighted by atomic mass is 16.5. The van der Waals surface area contributed by atoms with E-state index in [1.807, 2.05) is 26.0 Å². The molecule has 0 bridgehead atoms. The first kappa shape index (κ1) is 21.3. The van der Waals surface area contributed by atoms with Crippen LogP contribution in [-0.2, 0) is 0 Å². The first-order valence-electron chi connectivity index (χ1n) is 9.13. The highest BCUT2D eigenvalue weighted by Gasteiger charge is 2.25. The molecule has 2 aromatic carbocycles. The number of ketones is 1. The zero-order chi connectivity index (χ0) is 21.2. The summed E-state index contributed by atoms with van der Waals surface area (Å²) in [7, 11) is 0. The summed E-state index contributed by atoms with van der Waals surface area (Å²) < 4.78 is 5.95. The van der Waals surface area contributed by atoms with E-state index in [4.69, 9.17) is 4.74 Å². The topological polar surface area (TPSA) is 66.8 Å². The van der Waals surface area contributed by atoms with Gasteiger partial charge in [0.2, 0.25) is 0 Å². The Bertz CT molecular complexity index is 919. The van der Waals surface area contributed by atoms with Crippen molar-refractivity contribution in [2.45, 2.75) is 47.1 Å². The number of carbonyl (C=O) groups excluding carboxylic acids is 1. The van der Waals surface area contributed by atoms with Gasteiger partial charge in [-0.1, -0.05) is 12.7 Å². The van der Waals surface area contributed by atoms with Gasteiger partial charge in [0.15, 0.2) is 11.4 Å². The molecule has 4 nitrogen and oxygen atoms in total. The first-order valence-corrected chi connectivity index (χ1v) is 9.13. The van der Waals surface area contributed by atoms with Crippen molar-refractivity contribution in [1.82, 2.24) is 0 Å². The molecule has 0 heterocycles. The Kier molecular flexibility index (Phi) is 6.03. The summed E-state index contributed by atoms with van der Waals surface area (Å²) >= 11 is 0. The van der Waals surface area contributed by atoms with Crippen molar-refractivity contribution >= 4 is 11.9 Å². The summed E-state index contributed by atoms with van der Waals surface area (Å²) in [5, 5.41) is 19.6. The molecule has 4 heteroatoms. The molecule has 0 aromatic heterocycles. The van der Waals surface area contributed by atoms with Crippen LogP contribution >= 0.6 is 0 Å². The number of benzene rings is 2. The number of ether oxygens (including phenoxy) is 1. The molecular formula is C24H28O4. The van der Waals surface area contributed by atoms with Gasteiger partial charge >= 0.3 is 0 Å². The van der Waals surface area contributed by atoms with Gasteiger partial charge in [0.1, 0.15) is 17.3 Å². The van der Waals surface area contributed by atoms with Crippen LogP contribution in [0, 0.1) is 27.7 Å².